The second-order valence-electron chi connectivity index (χ2n) is 12.1. The van der Waals surface area contributed by atoms with E-state index in [0.29, 0.717) is 17.5 Å². The minimum atomic E-state index is -3.37. The molecule has 0 spiro atoms. The van der Waals surface area contributed by atoms with Crippen molar-refractivity contribution in [3.63, 3.8) is 0 Å². The molecule has 2 aromatic carbocycles. The summed E-state index contributed by atoms with van der Waals surface area (Å²) in [5, 5.41) is 12.2. The first kappa shape index (κ1) is 32.2. The molecule has 2 aliphatic rings. The second-order valence-corrected chi connectivity index (χ2v) is 14.4. The third kappa shape index (κ3) is 9.38. The second kappa shape index (κ2) is 15.1. The third-order valence-electron chi connectivity index (χ3n) is 8.67. The summed E-state index contributed by atoms with van der Waals surface area (Å²) in [4.78, 5) is 27.8. The summed E-state index contributed by atoms with van der Waals surface area (Å²) in [6.07, 6.45) is 10.9. The lowest BCUT2D eigenvalue weighted by Gasteiger charge is -2.36. The molecular formula is C33H46N2O6S. The van der Waals surface area contributed by atoms with Crippen molar-refractivity contribution in [2.24, 2.45) is 5.92 Å². The van der Waals surface area contributed by atoms with Gasteiger partial charge in [0.25, 0.3) is 5.91 Å². The smallest absolute Gasteiger partial charge is 0.326 e. The van der Waals surface area contributed by atoms with Crippen molar-refractivity contribution >= 4 is 21.7 Å². The number of nitrogens with zero attached hydrogens (tertiary/aromatic N) is 1. The number of carbonyl (C=O) groups is 2. The minimum Gasteiger partial charge on any atom is -0.480 e. The number of sulfone groups is 1. The quantitative estimate of drug-likeness (QED) is 0.325. The predicted molar refractivity (Wildman–Crippen MR) is 165 cm³/mol. The number of aliphatic carboxylic acids is 1. The van der Waals surface area contributed by atoms with E-state index in [4.69, 9.17) is 4.74 Å². The van der Waals surface area contributed by atoms with Gasteiger partial charge in [-0.25, -0.2) is 13.2 Å². The molecule has 0 bridgehead atoms. The van der Waals surface area contributed by atoms with Gasteiger partial charge < -0.3 is 15.2 Å². The van der Waals surface area contributed by atoms with E-state index in [-0.39, 0.29) is 12.2 Å². The Morgan fingerprint density at radius 1 is 1.00 bits per heavy atom. The summed E-state index contributed by atoms with van der Waals surface area (Å²) >= 11 is 0. The van der Waals surface area contributed by atoms with Crippen molar-refractivity contribution in [3.05, 3.63) is 59.2 Å². The average molecular weight is 599 g/mol. The van der Waals surface area contributed by atoms with E-state index in [1.807, 2.05) is 43.3 Å². The number of likely N-dealkylation sites (tertiary alicyclic amines) is 1. The van der Waals surface area contributed by atoms with Crippen LogP contribution in [0.3, 0.4) is 0 Å². The molecule has 2 unspecified atom stereocenters. The minimum absolute atomic E-state index is 0.198. The standard InChI is InChI=1S/C33H46N2O6S/c1-24-10-6-7-14-28(24)30-20-26(15-16-29(30)32(36)34-31(33(37)38)17-19-42(2,39)40)21-35-18-9-8-13-27(35)23-41-22-25-11-4-3-5-12-25/h6-7,10,14-16,20,25,27,31H,3-5,8-9,11-13,17-19,21-23H2,1-2H3,(H,34,36)(H,37,38). The molecule has 42 heavy (non-hydrogen) atoms. The maximum atomic E-state index is 13.4. The Morgan fingerprint density at radius 2 is 1.74 bits per heavy atom. The van der Waals surface area contributed by atoms with E-state index in [0.717, 1.165) is 67.7 Å². The van der Waals surface area contributed by atoms with Crippen LogP contribution < -0.4 is 5.32 Å². The van der Waals surface area contributed by atoms with Crippen molar-refractivity contribution < 1.29 is 27.9 Å². The number of benzene rings is 2. The number of carbonyl (C=O) groups excluding carboxylic acids is 1. The van der Waals surface area contributed by atoms with Crippen LogP contribution in [0.2, 0.25) is 0 Å². The zero-order valence-electron chi connectivity index (χ0n) is 25.0. The molecule has 2 N–H and O–H groups in total. The SMILES string of the molecule is Cc1ccccc1-c1cc(CN2CCCCC2COCC2CCCCC2)ccc1C(=O)NC(CCS(C)(=O)=O)C(=O)O. The zero-order valence-corrected chi connectivity index (χ0v) is 25.8. The molecule has 8 nitrogen and oxygen atoms in total. The van der Waals surface area contributed by atoms with Gasteiger partial charge in [0, 0.05) is 31.0 Å². The van der Waals surface area contributed by atoms with E-state index in [1.165, 1.54) is 38.5 Å². The van der Waals surface area contributed by atoms with Gasteiger partial charge in [-0.15, -0.1) is 0 Å². The Hall–Kier alpha value is -2.75. The summed E-state index contributed by atoms with van der Waals surface area (Å²) in [6.45, 7) is 5.32. The Labute approximate surface area is 250 Å². The van der Waals surface area contributed by atoms with Crippen molar-refractivity contribution in [3.8, 4) is 11.1 Å². The zero-order chi connectivity index (χ0) is 30.1. The molecular weight excluding hydrogens is 552 g/mol. The number of carboxylic acids is 1. The van der Waals surface area contributed by atoms with E-state index in [1.54, 1.807) is 6.07 Å². The van der Waals surface area contributed by atoms with Crippen LogP contribution in [0.5, 0.6) is 0 Å². The fraction of sp³-hybridized carbons (Fsp3) is 0.576. The predicted octanol–water partition coefficient (Wildman–Crippen LogP) is 5.23. The summed E-state index contributed by atoms with van der Waals surface area (Å²) in [7, 11) is -3.37. The van der Waals surface area contributed by atoms with Crippen LogP contribution in [0.4, 0.5) is 0 Å². The topological polar surface area (TPSA) is 113 Å². The van der Waals surface area contributed by atoms with Crippen molar-refractivity contribution in [2.75, 3.05) is 31.8 Å². The first-order valence-corrected chi connectivity index (χ1v) is 17.4. The number of amides is 1. The molecule has 2 fully saturated rings. The molecule has 4 rings (SSSR count). The van der Waals surface area contributed by atoms with Crippen LogP contribution in [0, 0.1) is 12.8 Å². The lowest BCUT2D eigenvalue weighted by atomic mass is 9.90. The van der Waals surface area contributed by atoms with Crippen molar-refractivity contribution in [1.29, 1.82) is 0 Å². The van der Waals surface area contributed by atoms with Crippen LogP contribution in [0.15, 0.2) is 42.5 Å². The number of carboxylic acid groups (broad SMARTS) is 1. The Bertz CT molecular complexity index is 1320. The molecule has 2 aromatic rings. The highest BCUT2D eigenvalue weighted by molar-refractivity contribution is 7.90. The van der Waals surface area contributed by atoms with E-state index in [9.17, 15) is 23.1 Å². The number of nitrogens with one attached hydrogen (secondary N) is 1. The Balaban J connectivity index is 1.52. The average Bonchev–Trinajstić information content (AvgIpc) is 2.96. The number of hydrogen-bond acceptors (Lipinski definition) is 6. The van der Waals surface area contributed by atoms with Crippen LogP contribution in [0.25, 0.3) is 11.1 Å². The maximum Gasteiger partial charge on any atom is 0.326 e. The highest BCUT2D eigenvalue weighted by Gasteiger charge is 2.26. The monoisotopic (exact) mass is 598 g/mol. The van der Waals surface area contributed by atoms with Gasteiger partial charge in [-0.3, -0.25) is 9.69 Å². The van der Waals surface area contributed by atoms with Gasteiger partial charge >= 0.3 is 5.97 Å². The first-order valence-electron chi connectivity index (χ1n) is 15.3. The van der Waals surface area contributed by atoms with Gasteiger partial charge in [-0.2, -0.15) is 0 Å². The molecule has 1 saturated carbocycles. The Kier molecular flexibility index (Phi) is 11.6. The number of aryl methyl sites for hydroxylation is 1. The Morgan fingerprint density at radius 3 is 2.45 bits per heavy atom. The van der Waals surface area contributed by atoms with Crippen LogP contribution in [-0.2, 0) is 25.9 Å². The maximum absolute atomic E-state index is 13.4. The molecule has 2 atom stereocenters. The van der Waals surface area contributed by atoms with E-state index < -0.39 is 27.8 Å². The number of rotatable bonds is 13. The fourth-order valence-electron chi connectivity index (χ4n) is 6.23. The van der Waals surface area contributed by atoms with Gasteiger partial charge in [0.1, 0.15) is 15.9 Å². The van der Waals surface area contributed by atoms with Gasteiger partial charge in [0.2, 0.25) is 0 Å². The van der Waals surface area contributed by atoms with Crippen molar-refractivity contribution in [1.82, 2.24) is 10.2 Å². The van der Waals surface area contributed by atoms with Gasteiger partial charge in [0.15, 0.2) is 0 Å². The largest absolute Gasteiger partial charge is 0.480 e. The molecule has 1 aliphatic carbocycles. The molecule has 0 aromatic heterocycles. The molecule has 0 radical (unpaired) electrons. The number of hydrogen-bond donors (Lipinski definition) is 2. The first-order chi connectivity index (χ1) is 20.1. The highest BCUT2D eigenvalue weighted by Crippen LogP contribution is 2.30. The summed E-state index contributed by atoms with van der Waals surface area (Å²) < 4.78 is 29.5. The number of ether oxygens (including phenoxy) is 1. The van der Waals surface area contributed by atoms with Crippen molar-refractivity contribution in [2.45, 2.75) is 83.3 Å². The van der Waals surface area contributed by atoms with Crippen LogP contribution in [0.1, 0.15) is 79.3 Å². The lowest BCUT2D eigenvalue weighted by Crippen LogP contribution is -2.42. The third-order valence-corrected chi connectivity index (χ3v) is 9.65. The van der Waals surface area contributed by atoms with Crippen LogP contribution in [-0.4, -0.2) is 74.2 Å². The molecule has 1 aliphatic heterocycles. The summed E-state index contributed by atoms with van der Waals surface area (Å²) in [5.41, 5.74) is 4.08. The fourth-order valence-corrected chi connectivity index (χ4v) is 6.89. The lowest BCUT2D eigenvalue weighted by molar-refractivity contribution is -0.139. The van der Waals surface area contributed by atoms with Gasteiger partial charge in [-0.05, 0) is 85.9 Å². The number of piperidine rings is 1. The summed E-state index contributed by atoms with van der Waals surface area (Å²) in [5.74, 6) is -1.43. The molecule has 9 heteroatoms. The normalized spacial score (nSPS) is 19.3. The van der Waals surface area contributed by atoms with E-state index in [2.05, 4.69) is 10.2 Å². The van der Waals surface area contributed by atoms with Gasteiger partial charge in [0.05, 0.1) is 12.4 Å². The molecule has 230 valence electrons. The molecule has 1 saturated heterocycles. The highest BCUT2D eigenvalue weighted by atomic mass is 32.2. The van der Waals surface area contributed by atoms with Crippen LogP contribution >= 0.6 is 0 Å². The molecule has 1 heterocycles. The molecule has 1 amide bonds. The van der Waals surface area contributed by atoms with Gasteiger partial charge in [-0.1, -0.05) is 56.0 Å². The summed E-state index contributed by atoms with van der Waals surface area (Å²) in [6, 6.07) is 12.6. The van der Waals surface area contributed by atoms with E-state index >= 15 is 0 Å².